The maximum Gasteiger partial charge on any atom is 0.410 e. The van der Waals surface area contributed by atoms with E-state index < -0.39 is 5.60 Å². The van der Waals surface area contributed by atoms with Crippen molar-refractivity contribution in [1.82, 2.24) is 29.7 Å². The highest BCUT2D eigenvalue weighted by atomic mass is 19.1. The quantitative estimate of drug-likeness (QED) is 0.434. The molecule has 0 atom stereocenters. The van der Waals surface area contributed by atoms with Crippen LogP contribution in [0.3, 0.4) is 0 Å². The van der Waals surface area contributed by atoms with Crippen molar-refractivity contribution in [2.75, 3.05) is 32.7 Å². The zero-order valence-electron chi connectivity index (χ0n) is 23.1. The number of hydrogen-bond acceptors (Lipinski definition) is 7. The Labute approximate surface area is 223 Å². The van der Waals surface area contributed by atoms with Crippen LogP contribution in [0.1, 0.15) is 83.7 Å². The van der Waals surface area contributed by atoms with Crippen molar-refractivity contribution in [3.05, 3.63) is 35.6 Å². The minimum Gasteiger partial charge on any atom is -0.444 e. The van der Waals surface area contributed by atoms with Gasteiger partial charge < -0.3 is 19.1 Å². The monoisotopic (exact) mass is 526 g/mol. The van der Waals surface area contributed by atoms with Gasteiger partial charge in [0, 0.05) is 30.9 Å². The van der Waals surface area contributed by atoms with Crippen molar-refractivity contribution < 1.29 is 18.4 Å². The number of fused-ring (bicyclic) bond motifs is 1. The Hall–Kier alpha value is -3.01. The van der Waals surface area contributed by atoms with Gasteiger partial charge in [-0.25, -0.2) is 9.18 Å². The van der Waals surface area contributed by atoms with Crippen molar-refractivity contribution in [2.24, 2.45) is 5.92 Å². The van der Waals surface area contributed by atoms with Gasteiger partial charge in [-0.2, -0.15) is 14.8 Å². The van der Waals surface area contributed by atoms with E-state index in [-0.39, 0.29) is 29.7 Å². The standard InChI is InChI=1S/C28H39FN6O3/c1-18(2)23-21-7-6-8-22(29)24(21)35(31-23)26-30-25(38-32-26)20-11-13-33(14-12-20)17-19-9-15-34(16-10-19)27(36)37-28(3,4)5/h6-8,18-20H,9-17H2,1-5H3. The molecule has 3 aromatic rings. The normalized spacial score (nSPS) is 18.6. The molecule has 0 unspecified atom stereocenters. The number of amides is 1. The van der Waals surface area contributed by atoms with E-state index in [9.17, 15) is 9.18 Å². The average Bonchev–Trinajstić information content (AvgIpc) is 3.50. The maximum absolute atomic E-state index is 14.8. The summed E-state index contributed by atoms with van der Waals surface area (Å²) in [6.45, 7) is 14.3. The van der Waals surface area contributed by atoms with Crippen molar-refractivity contribution in [1.29, 1.82) is 0 Å². The maximum atomic E-state index is 14.8. The van der Waals surface area contributed by atoms with Gasteiger partial charge in [-0.3, -0.25) is 0 Å². The van der Waals surface area contributed by atoms with Gasteiger partial charge in [0.05, 0.1) is 5.69 Å². The fraction of sp³-hybridized carbons (Fsp3) is 0.643. The van der Waals surface area contributed by atoms with Crippen molar-refractivity contribution >= 4 is 17.0 Å². The van der Waals surface area contributed by atoms with Gasteiger partial charge in [-0.1, -0.05) is 26.0 Å². The number of likely N-dealkylation sites (tertiary alicyclic amines) is 2. The van der Waals surface area contributed by atoms with Crippen LogP contribution in [0.2, 0.25) is 0 Å². The first-order valence-corrected chi connectivity index (χ1v) is 13.8. The molecule has 0 spiro atoms. The zero-order valence-corrected chi connectivity index (χ0v) is 23.1. The van der Waals surface area contributed by atoms with Gasteiger partial charge in [-0.05, 0) is 82.6 Å². The van der Waals surface area contributed by atoms with Crippen LogP contribution < -0.4 is 0 Å². The Balaban J connectivity index is 1.16. The number of para-hydroxylation sites is 1. The molecule has 38 heavy (non-hydrogen) atoms. The number of piperidine rings is 2. The molecule has 10 heteroatoms. The van der Waals surface area contributed by atoms with Crippen LogP contribution in [0.4, 0.5) is 9.18 Å². The minimum absolute atomic E-state index is 0.140. The van der Waals surface area contributed by atoms with Crippen LogP contribution in [-0.2, 0) is 4.74 Å². The molecular formula is C28H39FN6O3. The fourth-order valence-corrected chi connectivity index (χ4v) is 5.55. The van der Waals surface area contributed by atoms with E-state index in [1.165, 1.54) is 10.7 Å². The van der Waals surface area contributed by atoms with E-state index in [0.717, 1.165) is 69.5 Å². The molecule has 5 rings (SSSR count). The second-order valence-corrected chi connectivity index (χ2v) is 12.0. The summed E-state index contributed by atoms with van der Waals surface area (Å²) in [7, 11) is 0. The van der Waals surface area contributed by atoms with E-state index in [2.05, 4.69) is 20.1 Å². The molecular weight excluding hydrogens is 487 g/mol. The van der Waals surface area contributed by atoms with Gasteiger partial charge in [0.15, 0.2) is 0 Å². The molecule has 2 saturated heterocycles. The van der Waals surface area contributed by atoms with Crippen LogP contribution in [0, 0.1) is 11.7 Å². The Kier molecular flexibility index (Phi) is 7.44. The zero-order chi connectivity index (χ0) is 27.0. The molecule has 2 aliphatic rings. The lowest BCUT2D eigenvalue weighted by molar-refractivity contribution is 0.0165. The second kappa shape index (κ2) is 10.6. The van der Waals surface area contributed by atoms with E-state index in [1.54, 1.807) is 6.07 Å². The third-order valence-corrected chi connectivity index (χ3v) is 7.57. The minimum atomic E-state index is -0.462. The van der Waals surface area contributed by atoms with Gasteiger partial charge in [0.2, 0.25) is 5.89 Å². The Morgan fingerprint density at radius 2 is 1.84 bits per heavy atom. The first-order valence-electron chi connectivity index (χ1n) is 13.8. The Bertz CT molecular complexity index is 1260. The lowest BCUT2D eigenvalue weighted by atomic mass is 9.93. The summed E-state index contributed by atoms with van der Waals surface area (Å²) < 4.78 is 27.4. The highest BCUT2D eigenvalue weighted by Gasteiger charge is 2.31. The molecule has 2 fully saturated rings. The van der Waals surface area contributed by atoms with Crippen LogP contribution in [0.15, 0.2) is 22.7 Å². The molecule has 1 aromatic carbocycles. The van der Waals surface area contributed by atoms with Gasteiger partial charge in [0.25, 0.3) is 5.95 Å². The van der Waals surface area contributed by atoms with Gasteiger partial charge in [0.1, 0.15) is 16.9 Å². The van der Waals surface area contributed by atoms with Crippen molar-refractivity contribution in [2.45, 2.75) is 77.7 Å². The first kappa shape index (κ1) is 26.6. The molecule has 1 amide bonds. The molecule has 0 N–H and O–H groups in total. The number of aromatic nitrogens is 4. The van der Waals surface area contributed by atoms with E-state index in [0.29, 0.717) is 17.3 Å². The molecule has 9 nitrogen and oxygen atoms in total. The fourth-order valence-electron chi connectivity index (χ4n) is 5.55. The van der Waals surface area contributed by atoms with Gasteiger partial charge >= 0.3 is 6.09 Å². The molecule has 0 radical (unpaired) electrons. The van der Waals surface area contributed by atoms with Crippen molar-refractivity contribution in [3.63, 3.8) is 0 Å². The number of benzene rings is 1. The SMILES string of the molecule is CC(C)c1nn(-c2noc(C3CCN(CC4CCN(C(=O)OC(C)(C)C)CC4)CC3)n2)c2c(F)cccc12. The number of hydrogen-bond donors (Lipinski definition) is 0. The largest absolute Gasteiger partial charge is 0.444 e. The smallest absolute Gasteiger partial charge is 0.410 e. The highest BCUT2D eigenvalue weighted by Crippen LogP contribution is 2.31. The van der Waals surface area contributed by atoms with Crippen LogP contribution >= 0.6 is 0 Å². The molecule has 0 bridgehead atoms. The van der Waals surface area contributed by atoms with Crippen LogP contribution in [-0.4, -0.2) is 74.1 Å². The molecule has 0 aliphatic carbocycles. The topological polar surface area (TPSA) is 89.5 Å². The second-order valence-electron chi connectivity index (χ2n) is 12.0. The predicted octanol–water partition coefficient (Wildman–Crippen LogP) is 5.50. The summed E-state index contributed by atoms with van der Waals surface area (Å²) in [5.74, 6) is 1.42. The summed E-state index contributed by atoms with van der Waals surface area (Å²) in [5, 5.41) is 9.59. The third-order valence-electron chi connectivity index (χ3n) is 7.57. The average molecular weight is 527 g/mol. The Morgan fingerprint density at radius 1 is 1.13 bits per heavy atom. The molecule has 2 aromatic heterocycles. The Morgan fingerprint density at radius 3 is 2.50 bits per heavy atom. The van der Waals surface area contributed by atoms with Crippen LogP contribution in [0.25, 0.3) is 16.9 Å². The molecule has 206 valence electrons. The highest BCUT2D eigenvalue weighted by molar-refractivity contribution is 5.84. The molecule has 2 aliphatic heterocycles. The first-order chi connectivity index (χ1) is 18.1. The summed E-state index contributed by atoms with van der Waals surface area (Å²) in [4.78, 5) is 21.3. The summed E-state index contributed by atoms with van der Waals surface area (Å²) in [5.41, 5.74) is 0.740. The van der Waals surface area contributed by atoms with Crippen molar-refractivity contribution in [3.8, 4) is 5.95 Å². The molecule has 0 saturated carbocycles. The van der Waals surface area contributed by atoms with E-state index in [4.69, 9.17) is 9.26 Å². The number of ether oxygens (including phenoxy) is 1. The van der Waals surface area contributed by atoms with E-state index in [1.807, 2.05) is 45.6 Å². The van der Waals surface area contributed by atoms with E-state index >= 15 is 0 Å². The predicted molar refractivity (Wildman–Crippen MR) is 142 cm³/mol. The molecule has 4 heterocycles. The third kappa shape index (κ3) is 5.70. The number of carbonyl (C=O) groups is 1. The number of rotatable bonds is 5. The summed E-state index contributed by atoms with van der Waals surface area (Å²) >= 11 is 0. The number of halogens is 1. The lowest BCUT2D eigenvalue weighted by Crippen LogP contribution is -2.44. The lowest BCUT2D eigenvalue weighted by Gasteiger charge is -2.37. The number of carbonyl (C=O) groups excluding carboxylic acids is 1. The number of nitrogens with zero attached hydrogens (tertiary/aromatic N) is 6. The summed E-state index contributed by atoms with van der Waals surface area (Å²) in [6, 6.07) is 5.02. The van der Waals surface area contributed by atoms with Crippen LogP contribution in [0.5, 0.6) is 0 Å². The summed E-state index contributed by atoms with van der Waals surface area (Å²) in [6.07, 6.45) is 3.66. The van der Waals surface area contributed by atoms with Gasteiger partial charge in [-0.15, -0.1) is 0 Å².